The van der Waals surface area contributed by atoms with Crippen LogP contribution in [-0.2, 0) is 0 Å². The third-order valence-corrected chi connectivity index (χ3v) is 2.41. The van der Waals surface area contributed by atoms with E-state index >= 15 is 0 Å². The van der Waals surface area contributed by atoms with E-state index in [0.717, 1.165) is 11.8 Å². The van der Waals surface area contributed by atoms with Gasteiger partial charge in [-0.25, -0.2) is 0 Å². The van der Waals surface area contributed by atoms with Gasteiger partial charge in [0.15, 0.2) is 0 Å². The Balaban J connectivity index is 3.99. The van der Waals surface area contributed by atoms with Crippen molar-refractivity contribution in [2.24, 2.45) is 11.8 Å². The Morgan fingerprint density at radius 1 is 1.15 bits per heavy atom. The lowest BCUT2D eigenvalue weighted by Gasteiger charge is -2.11. The highest BCUT2D eigenvalue weighted by molar-refractivity contribution is 5.04. The van der Waals surface area contributed by atoms with Crippen LogP contribution in [0.25, 0.3) is 0 Å². The van der Waals surface area contributed by atoms with Gasteiger partial charge in [-0.1, -0.05) is 52.7 Å². The van der Waals surface area contributed by atoms with Crippen LogP contribution in [0.1, 0.15) is 60.3 Å². The number of rotatable bonds is 6. The van der Waals surface area contributed by atoms with Gasteiger partial charge in [-0.2, -0.15) is 0 Å². The molecule has 0 aromatic carbocycles. The number of unbranched alkanes of at least 4 members (excludes halogenated alkanes) is 1. The van der Waals surface area contributed by atoms with Gasteiger partial charge in [-0.15, -0.1) is 0 Å². The molecule has 0 spiro atoms. The Labute approximate surface area is 84.4 Å². The molecule has 0 saturated carbocycles. The van der Waals surface area contributed by atoms with Crippen molar-refractivity contribution in [2.45, 2.75) is 60.3 Å². The summed E-state index contributed by atoms with van der Waals surface area (Å²) in [6.45, 7) is 11.5. The zero-order valence-electron chi connectivity index (χ0n) is 10.1. The summed E-state index contributed by atoms with van der Waals surface area (Å²) in [5.74, 6) is 1.54. The fourth-order valence-electron chi connectivity index (χ4n) is 1.39. The standard InChI is InChI=1S/C13H26/c1-6-7-8-13(12(4)5)10-9-11(2)3/h10-12H,6-9H2,1-5H3/b13-10+. The van der Waals surface area contributed by atoms with Gasteiger partial charge >= 0.3 is 0 Å². The van der Waals surface area contributed by atoms with E-state index < -0.39 is 0 Å². The van der Waals surface area contributed by atoms with Crippen LogP contribution < -0.4 is 0 Å². The molecular formula is C13H26. The first-order valence-corrected chi connectivity index (χ1v) is 5.76. The quantitative estimate of drug-likeness (QED) is 0.517. The van der Waals surface area contributed by atoms with E-state index in [0.29, 0.717) is 0 Å². The second-order valence-corrected chi connectivity index (χ2v) is 4.67. The molecular weight excluding hydrogens is 156 g/mol. The first-order valence-electron chi connectivity index (χ1n) is 5.76. The molecule has 0 unspecified atom stereocenters. The Kier molecular flexibility index (Phi) is 7.03. The molecule has 0 bridgehead atoms. The van der Waals surface area contributed by atoms with Gasteiger partial charge in [0.05, 0.1) is 0 Å². The topological polar surface area (TPSA) is 0 Å². The first-order chi connectivity index (χ1) is 6.07. The predicted octanol–water partition coefficient (Wildman–Crippen LogP) is 4.81. The van der Waals surface area contributed by atoms with Crippen molar-refractivity contribution in [2.75, 3.05) is 0 Å². The molecule has 0 radical (unpaired) electrons. The van der Waals surface area contributed by atoms with Crippen LogP contribution in [0, 0.1) is 11.8 Å². The summed E-state index contributed by atoms with van der Waals surface area (Å²) in [5, 5.41) is 0. The maximum Gasteiger partial charge on any atom is -0.0260 e. The van der Waals surface area contributed by atoms with Gasteiger partial charge in [0.2, 0.25) is 0 Å². The minimum absolute atomic E-state index is 0.741. The summed E-state index contributed by atoms with van der Waals surface area (Å²) in [6, 6.07) is 0. The lowest BCUT2D eigenvalue weighted by Crippen LogP contribution is -1.96. The highest BCUT2D eigenvalue weighted by Crippen LogP contribution is 2.18. The normalized spacial score (nSPS) is 13.0. The SMILES string of the molecule is CCCC/C(=C\CC(C)C)C(C)C. The van der Waals surface area contributed by atoms with Crippen molar-refractivity contribution in [1.82, 2.24) is 0 Å². The van der Waals surface area contributed by atoms with Gasteiger partial charge in [-0.3, -0.25) is 0 Å². The van der Waals surface area contributed by atoms with Crippen molar-refractivity contribution in [3.63, 3.8) is 0 Å². The molecule has 0 atom stereocenters. The highest BCUT2D eigenvalue weighted by atomic mass is 14.1. The van der Waals surface area contributed by atoms with Gasteiger partial charge in [-0.05, 0) is 31.1 Å². The lowest BCUT2D eigenvalue weighted by atomic mass is 9.95. The molecule has 13 heavy (non-hydrogen) atoms. The molecule has 0 aromatic heterocycles. The van der Waals surface area contributed by atoms with Crippen LogP contribution in [0.15, 0.2) is 11.6 Å². The minimum atomic E-state index is 0.741. The molecule has 0 rings (SSSR count). The molecule has 0 heterocycles. The monoisotopic (exact) mass is 182 g/mol. The van der Waals surface area contributed by atoms with E-state index in [1.807, 2.05) is 0 Å². The number of hydrogen-bond donors (Lipinski definition) is 0. The Morgan fingerprint density at radius 2 is 1.77 bits per heavy atom. The summed E-state index contributed by atoms with van der Waals surface area (Å²) < 4.78 is 0. The molecule has 0 nitrogen and oxygen atoms in total. The van der Waals surface area contributed by atoms with Gasteiger partial charge < -0.3 is 0 Å². The molecule has 0 amide bonds. The predicted molar refractivity (Wildman–Crippen MR) is 61.9 cm³/mol. The summed E-state index contributed by atoms with van der Waals surface area (Å²) in [5.41, 5.74) is 1.66. The number of allylic oxidation sites excluding steroid dienone is 2. The third kappa shape index (κ3) is 6.86. The summed E-state index contributed by atoms with van der Waals surface area (Å²) in [7, 11) is 0. The van der Waals surface area contributed by atoms with E-state index in [4.69, 9.17) is 0 Å². The van der Waals surface area contributed by atoms with E-state index in [-0.39, 0.29) is 0 Å². The van der Waals surface area contributed by atoms with Crippen molar-refractivity contribution >= 4 is 0 Å². The average molecular weight is 182 g/mol. The maximum absolute atomic E-state index is 2.46. The molecule has 0 aliphatic rings. The number of hydrogen-bond acceptors (Lipinski definition) is 0. The maximum atomic E-state index is 2.46. The second kappa shape index (κ2) is 7.17. The smallest absolute Gasteiger partial charge is 0.0260 e. The molecule has 0 saturated heterocycles. The third-order valence-electron chi connectivity index (χ3n) is 2.41. The van der Waals surface area contributed by atoms with Crippen LogP contribution in [0.4, 0.5) is 0 Å². The van der Waals surface area contributed by atoms with Gasteiger partial charge in [0.25, 0.3) is 0 Å². The van der Waals surface area contributed by atoms with Crippen LogP contribution >= 0.6 is 0 Å². The van der Waals surface area contributed by atoms with Crippen LogP contribution in [0.2, 0.25) is 0 Å². The molecule has 0 fully saturated rings. The Hall–Kier alpha value is -0.260. The van der Waals surface area contributed by atoms with Crippen molar-refractivity contribution in [1.29, 1.82) is 0 Å². The van der Waals surface area contributed by atoms with E-state index in [1.165, 1.54) is 25.7 Å². The molecule has 0 N–H and O–H groups in total. The molecule has 0 aromatic rings. The zero-order valence-corrected chi connectivity index (χ0v) is 10.1. The summed E-state index contributed by atoms with van der Waals surface area (Å²) in [6.07, 6.45) is 7.68. The van der Waals surface area contributed by atoms with E-state index in [2.05, 4.69) is 40.7 Å². The fraction of sp³-hybridized carbons (Fsp3) is 0.846. The Bertz CT molecular complexity index is 140. The molecule has 0 aliphatic heterocycles. The Morgan fingerprint density at radius 3 is 2.15 bits per heavy atom. The van der Waals surface area contributed by atoms with Crippen molar-refractivity contribution in [3.8, 4) is 0 Å². The second-order valence-electron chi connectivity index (χ2n) is 4.67. The van der Waals surface area contributed by atoms with Crippen molar-refractivity contribution < 1.29 is 0 Å². The van der Waals surface area contributed by atoms with Crippen LogP contribution in [0.5, 0.6) is 0 Å². The zero-order chi connectivity index (χ0) is 10.3. The average Bonchev–Trinajstić information content (AvgIpc) is 2.03. The summed E-state index contributed by atoms with van der Waals surface area (Å²) in [4.78, 5) is 0. The van der Waals surface area contributed by atoms with E-state index in [1.54, 1.807) is 5.57 Å². The molecule has 0 heteroatoms. The van der Waals surface area contributed by atoms with E-state index in [9.17, 15) is 0 Å². The lowest BCUT2D eigenvalue weighted by molar-refractivity contribution is 0.629. The first kappa shape index (κ1) is 12.7. The van der Waals surface area contributed by atoms with Crippen LogP contribution in [-0.4, -0.2) is 0 Å². The molecule has 0 aliphatic carbocycles. The van der Waals surface area contributed by atoms with Gasteiger partial charge in [0.1, 0.15) is 0 Å². The minimum Gasteiger partial charge on any atom is -0.0848 e. The van der Waals surface area contributed by atoms with Gasteiger partial charge in [0, 0.05) is 0 Å². The highest BCUT2D eigenvalue weighted by Gasteiger charge is 2.02. The van der Waals surface area contributed by atoms with Crippen molar-refractivity contribution in [3.05, 3.63) is 11.6 Å². The molecule has 78 valence electrons. The largest absolute Gasteiger partial charge is 0.0848 e. The summed E-state index contributed by atoms with van der Waals surface area (Å²) >= 11 is 0. The fourth-order valence-corrected chi connectivity index (χ4v) is 1.39. The van der Waals surface area contributed by atoms with Crippen LogP contribution in [0.3, 0.4) is 0 Å².